The molecule has 1 aromatic carbocycles. The molecule has 0 saturated heterocycles. The summed E-state index contributed by atoms with van der Waals surface area (Å²) in [5, 5.41) is 9.26. The van der Waals surface area contributed by atoms with E-state index < -0.39 is 0 Å². The van der Waals surface area contributed by atoms with Gasteiger partial charge in [0.05, 0.1) is 11.9 Å². The predicted molar refractivity (Wildman–Crippen MR) is 79.4 cm³/mol. The van der Waals surface area contributed by atoms with Crippen molar-refractivity contribution in [1.82, 2.24) is 14.8 Å². The molecule has 102 valence electrons. The lowest BCUT2D eigenvalue weighted by molar-refractivity contribution is 0.187. The summed E-state index contributed by atoms with van der Waals surface area (Å²) in [7, 11) is 1.70. The topological polar surface area (TPSA) is 39.9 Å². The van der Waals surface area contributed by atoms with Gasteiger partial charge in [-0.15, -0.1) is 10.2 Å². The molecule has 2 aromatic rings. The summed E-state index contributed by atoms with van der Waals surface area (Å²) in [4.78, 5) is 0. The van der Waals surface area contributed by atoms with E-state index in [1.807, 2.05) is 0 Å². The number of methoxy groups -OCH3 is 1. The zero-order valence-electron chi connectivity index (χ0n) is 11.5. The first-order valence-corrected chi connectivity index (χ1v) is 7.34. The van der Waals surface area contributed by atoms with Gasteiger partial charge in [-0.2, -0.15) is 0 Å². The van der Waals surface area contributed by atoms with Crippen molar-refractivity contribution in [2.75, 3.05) is 13.7 Å². The van der Waals surface area contributed by atoms with Crippen molar-refractivity contribution in [3.05, 3.63) is 35.2 Å². The fraction of sp³-hybridized carbons (Fsp3) is 0.429. The molecular formula is C14H18BrN3O. The Balaban J connectivity index is 2.46. The molecule has 0 bridgehead atoms. The van der Waals surface area contributed by atoms with Crippen LogP contribution in [-0.2, 0) is 16.6 Å². The molecule has 0 aliphatic rings. The molecule has 1 heterocycles. The highest BCUT2D eigenvalue weighted by atomic mass is 79.9. The second-order valence-corrected chi connectivity index (χ2v) is 5.10. The number of rotatable bonds is 5. The molecule has 0 amide bonds. The number of hydrogen-bond acceptors (Lipinski definition) is 3. The first kappa shape index (κ1) is 14.2. The molecule has 5 heteroatoms. The van der Waals surface area contributed by atoms with Crippen molar-refractivity contribution in [3.63, 3.8) is 0 Å². The molecule has 4 nitrogen and oxygen atoms in total. The fourth-order valence-corrected chi connectivity index (χ4v) is 2.53. The van der Waals surface area contributed by atoms with E-state index in [-0.39, 0.29) is 0 Å². The smallest absolute Gasteiger partial charge is 0.164 e. The van der Waals surface area contributed by atoms with Crippen molar-refractivity contribution < 1.29 is 4.74 Å². The average molecular weight is 324 g/mol. The van der Waals surface area contributed by atoms with Crippen LogP contribution in [0, 0.1) is 13.8 Å². The van der Waals surface area contributed by atoms with Crippen LogP contribution in [-0.4, -0.2) is 28.5 Å². The summed E-state index contributed by atoms with van der Waals surface area (Å²) >= 11 is 3.45. The number of nitrogens with zero attached hydrogens (tertiary/aromatic N) is 3. The van der Waals surface area contributed by atoms with Gasteiger partial charge in [-0.25, -0.2) is 0 Å². The van der Waals surface area contributed by atoms with Gasteiger partial charge in [0.15, 0.2) is 5.82 Å². The van der Waals surface area contributed by atoms with Gasteiger partial charge in [0.1, 0.15) is 5.82 Å². The third kappa shape index (κ3) is 3.04. The van der Waals surface area contributed by atoms with E-state index >= 15 is 0 Å². The van der Waals surface area contributed by atoms with Crippen molar-refractivity contribution in [3.8, 4) is 11.4 Å². The molecule has 0 radical (unpaired) electrons. The van der Waals surface area contributed by atoms with Gasteiger partial charge in [-0.05, 0) is 19.4 Å². The van der Waals surface area contributed by atoms with Gasteiger partial charge in [0, 0.05) is 19.2 Å². The molecule has 1 aromatic heterocycles. The summed E-state index contributed by atoms with van der Waals surface area (Å²) in [6.45, 7) is 5.60. The molecule has 0 aliphatic heterocycles. The summed E-state index contributed by atoms with van der Waals surface area (Å²) in [6.07, 6.45) is 0. The van der Waals surface area contributed by atoms with E-state index in [0.29, 0.717) is 11.9 Å². The number of alkyl halides is 1. The zero-order chi connectivity index (χ0) is 13.8. The molecule has 19 heavy (non-hydrogen) atoms. The average Bonchev–Trinajstić information content (AvgIpc) is 2.79. The third-order valence-electron chi connectivity index (χ3n) is 3.09. The van der Waals surface area contributed by atoms with Gasteiger partial charge >= 0.3 is 0 Å². The van der Waals surface area contributed by atoms with E-state index in [9.17, 15) is 0 Å². The normalized spacial score (nSPS) is 10.9. The predicted octanol–water partition coefficient (Wildman–Crippen LogP) is 3.10. The van der Waals surface area contributed by atoms with E-state index in [4.69, 9.17) is 4.74 Å². The lowest BCUT2D eigenvalue weighted by Gasteiger charge is -2.11. The van der Waals surface area contributed by atoms with Gasteiger partial charge in [-0.1, -0.05) is 39.7 Å². The number of hydrogen-bond donors (Lipinski definition) is 0. The van der Waals surface area contributed by atoms with Gasteiger partial charge < -0.3 is 9.30 Å². The highest BCUT2D eigenvalue weighted by Crippen LogP contribution is 2.24. The highest BCUT2D eigenvalue weighted by molar-refractivity contribution is 9.08. The van der Waals surface area contributed by atoms with E-state index in [0.717, 1.165) is 23.8 Å². The molecule has 0 atom stereocenters. The lowest BCUT2D eigenvalue weighted by atomic mass is 10.1. The number of benzene rings is 1. The van der Waals surface area contributed by atoms with Crippen LogP contribution in [0.15, 0.2) is 18.2 Å². The summed E-state index contributed by atoms with van der Waals surface area (Å²) in [5.41, 5.74) is 3.60. The van der Waals surface area contributed by atoms with Gasteiger partial charge in [0.2, 0.25) is 0 Å². The molecule has 0 fully saturated rings. The largest absolute Gasteiger partial charge is 0.383 e. The number of halogens is 1. The molecule has 0 saturated carbocycles. The van der Waals surface area contributed by atoms with Crippen LogP contribution in [0.5, 0.6) is 0 Å². The standard InChI is InChI=1S/C14H18BrN3O/c1-10-4-5-12(11(2)8-10)14-17-16-13(9-15)18(14)6-7-19-3/h4-5,8H,6-7,9H2,1-3H3. The van der Waals surface area contributed by atoms with Crippen LogP contribution < -0.4 is 0 Å². The first-order valence-electron chi connectivity index (χ1n) is 6.22. The van der Waals surface area contributed by atoms with E-state index in [1.165, 1.54) is 11.1 Å². The van der Waals surface area contributed by atoms with Crippen LogP contribution in [0.2, 0.25) is 0 Å². The van der Waals surface area contributed by atoms with Crippen molar-refractivity contribution >= 4 is 15.9 Å². The second-order valence-electron chi connectivity index (χ2n) is 4.54. The third-order valence-corrected chi connectivity index (χ3v) is 3.59. The monoisotopic (exact) mass is 323 g/mol. The van der Waals surface area contributed by atoms with Crippen LogP contribution in [0.4, 0.5) is 0 Å². The maximum Gasteiger partial charge on any atom is 0.164 e. The minimum atomic E-state index is 0.649. The Hall–Kier alpha value is -1.20. The highest BCUT2D eigenvalue weighted by Gasteiger charge is 2.14. The molecule has 0 spiro atoms. The minimum absolute atomic E-state index is 0.649. The lowest BCUT2D eigenvalue weighted by Crippen LogP contribution is -2.09. The zero-order valence-corrected chi connectivity index (χ0v) is 13.1. The van der Waals surface area contributed by atoms with E-state index in [1.54, 1.807) is 7.11 Å². The quantitative estimate of drug-likeness (QED) is 0.794. The van der Waals surface area contributed by atoms with Crippen LogP contribution >= 0.6 is 15.9 Å². The Kier molecular flexibility index (Phi) is 4.71. The number of aromatic nitrogens is 3. The second kappa shape index (κ2) is 6.30. The Bertz CT molecular complexity index is 566. The Morgan fingerprint density at radius 3 is 2.68 bits per heavy atom. The molecule has 0 unspecified atom stereocenters. The first-order chi connectivity index (χ1) is 9.17. The van der Waals surface area contributed by atoms with Crippen LogP contribution in [0.1, 0.15) is 17.0 Å². The van der Waals surface area contributed by atoms with Crippen molar-refractivity contribution in [1.29, 1.82) is 0 Å². The maximum absolute atomic E-state index is 5.16. The van der Waals surface area contributed by atoms with Crippen molar-refractivity contribution in [2.45, 2.75) is 25.7 Å². The summed E-state index contributed by atoms with van der Waals surface area (Å²) < 4.78 is 7.27. The van der Waals surface area contributed by atoms with Crippen LogP contribution in [0.3, 0.4) is 0 Å². The number of aryl methyl sites for hydroxylation is 2. The van der Waals surface area contributed by atoms with Crippen molar-refractivity contribution in [2.24, 2.45) is 0 Å². The Morgan fingerprint density at radius 2 is 2.05 bits per heavy atom. The van der Waals surface area contributed by atoms with E-state index in [2.05, 4.69) is 62.7 Å². The van der Waals surface area contributed by atoms with Gasteiger partial charge in [0.25, 0.3) is 0 Å². The summed E-state index contributed by atoms with van der Waals surface area (Å²) in [6, 6.07) is 6.37. The Morgan fingerprint density at radius 1 is 1.26 bits per heavy atom. The molecule has 0 N–H and O–H groups in total. The number of ether oxygens (including phenoxy) is 1. The summed E-state index contributed by atoms with van der Waals surface area (Å²) in [5.74, 6) is 1.83. The maximum atomic E-state index is 5.16. The Labute approximate surface area is 121 Å². The van der Waals surface area contributed by atoms with Crippen LogP contribution in [0.25, 0.3) is 11.4 Å². The molecule has 2 rings (SSSR count). The molecular weight excluding hydrogens is 306 g/mol. The van der Waals surface area contributed by atoms with Gasteiger partial charge in [-0.3, -0.25) is 0 Å². The minimum Gasteiger partial charge on any atom is -0.383 e. The molecule has 0 aliphatic carbocycles. The fourth-order valence-electron chi connectivity index (χ4n) is 2.12. The SMILES string of the molecule is COCCn1c(CBr)nnc1-c1ccc(C)cc1C.